The molecule has 4 nitrogen and oxygen atoms in total. The topological polar surface area (TPSA) is 51.8 Å². The van der Waals surface area contributed by atoms with Crippen molar-refractivity contribution in [2.75, 3.05) is 7.11 Å². The maximum Gasteiger partial charge on any atom is 0.339 e. The Morgan fingerprint density at radius 2 is 2.04 bits per heavy atom. The fourth-order valence-corrected chi connectivity index (χ4v) is 2.41. The summed E-state index contributed by atoms with van der Waals surface area (Å²) in [7, 11) is 1.28. The van der Waals surface area contributed by atoms with E-state index in [4.69, 9.17) is 16.0 Å². The summed E-state index contributed by atoms with van der Waals surface area (Å²) in [5.74, 6) is 0.162. The maximum absolute atomic E-state index is 13.3. The van der Waals surface area contributed by atoms with E-state index in [1.54, 1.807) is 36.4 Å². The molecular formula is C19H13ClFNO3. The minimum Gasteiger partial charge on any atom is -0.465 e. The van der Waals surface area contributed by atoms with E-state index in [1.807, 2.05) is 0 Å². The van der Waals surface area contributed by atoms with E-state index in [9.17, 15) is 9.18 Å². The molecule has 2 aromatic carbocycles. The molecule has 25 heavy (non-hydrogen) atoms. The summed E-state index contributed by atoms with van der Waals surface area (Å²) in [6.07, 6.45) is 1.51. The first kappa shape index (κ1) is 16.9. The van der Waals surface area contributed by atoms with Crippen molar-refractivity contribution in [3.05, 3.63) is 76.8 Å². The number of methoxy groups -OCH3 is 1. The van der Waals surface area contributed by atoms with E-state index < -0.39 is 5.97 Å². The Bertz CT molecular complexity index is 949. The van der Waals surface area contributed by atoms with E-state index in [2.05, 4.69) is 9.73 Å². The number of ether oxygens (including phenoxy) is 1. The van der Waals surface area contributed by atoms with Crippen LogP contribution in [0.5, 0.6) is 0 Å². The van der Waals surface area contributed by atoms with Crippen LogP contribution < -0.4 is 0 Å². The number of carbonyl (C=O) groups is 1. The number of hydrogen-bond donors (Lipinski definition) is 0. The van der Waals surface area contributed by atoms with Crippen LogP contribution in [0.25, 0.3) is 11.3 Å². The zero-order valence-corrected chi connectivity index (χ0v) is 14.0. The summed E-state index contributed by atoms with van der Waals surface area (Å²) < 4.78 is 23.6. The van der Waals surface area contributed by atoms with Crippen molar-refractivity contribution in [2.45, 2.75) is 0 Å². The van der Waals surface area contributed by atoms with E-state index in [1.165, 1.54) is 31.5 Å². The monoisotopic (exact) mass is 357 g/mol. The molecule has 0 spiro atoms. The average molecular weight is 358 g/mol. The van der Waals surface area contributed by atoms with Crippen molar-refractivity contribution in [2.24, 2.45) is 4.99 Å². The Kier molecular flexibility index (Phi) is 4.95. The van der Waals surface area contributed by atoms with Crippen molar-refractivity contribution in [1.82, 2.24) is 0 Å². The molecular weight excluding hydrogens is 345 g/mol. The van der Waals surface area contributed by atoms with Gasteiger partial charge in [0.2, 0.25) is 0 Å². The van der Waals surface area contributed by atoms with Crippen LogP contribution in [0.3, 0.4) is 0 Å². The van der Waals surface area contributed by atoms with E-state index in [-0.39, 0.29) is 16.4 Å². The van der Waals surface area contributed by atoms with Gasteiger partial charge in [-0.15, -0.1) is 0 Å². The number of hydrogen-bond acceptors (Lipinski definition) is 4. The van der Waals surface area contributed by atoms with Gasteiger partial charge in [-0.2, -0.15) is 0 Å². The van der Waals surface area contributed by atoms with E-state index in [0.717, 1.165) is 0 Å². The predicted octanol–water partition coefficient (Wildman–Crippen LogP) is 5.28. The Balaban J connectivity index is 1.82. The van der Waals surface area contributed by atoms with Crippen LogP contribution in [-0.2, 0) is 4.74 Å². The van der Waals surface area contributed by atoms with Gasteiger partial charge in [0.1, 0.15) is 17.3 Å². The van der Waals surface area contributed by atoms with Crippen LogP contribution in [0.15, 0.2) is 64.0 Å². The van der Waals surface area contributed by atoms with Crippen LogP contribution in [-0.4, -0.2) is 19.3 Å². The number of furan rings is 1. The second-order valence-electron chi connectivity index (χ2n) is 5.13. The third kappa shape index (κ3) is 3.95. The molecule has 0 aliphatic rings. The van der Waals surface area contributed by atoms with Crippen LogP contribution in [0.4, 0.5) is 10.1 Å². The highest BCUT2D eigenvalue weighted by Crippen LogP contribution is 2.25. The van der Waals surface area contributed by atoms with Gasteiger partial charge in [-0.3, -0.25) is 4.99 Å². The first-order valence-corrected chi connectivity index (χ1v) is 7.72. The Labute approximate surface area is 148 Å². The number of aliphatic imine (C=N–C) groups is 1. The van der Waals surface area contributed by atoms with Gasteiger partial charge in [-0.05, 0) is 42.5 Å². The fraction of sp³-hybridized carbons (Fsp3) is 0.0526. The summed E-state index contributed by atoms with van der Waals surface area (Å²) in [4.78, 5) is 15.9. The molecule has 0 fully saturated rings. The fourth-order valence-electron chi connectivity index (χ4n) is 2.22. The second kappa shape index (κ2) is 7.32. The third-order valence-electron chi connectivity index (χ3n) is 3.43. The van der Waals surface area contributed by atoms with Crippen LogP contribution in [0, 0.1) is 5.82 Å². The predicted molar refractivity (Wildman–Crippen MR) is 94.1 cm³/mol. The van der Waals surface area contributed by atoms with Gasteiger partial charge in [0.15, 0.2) is 0 Å². The van der Waals surface area contributed by atoms with Gasteiger partial charge in [0.05, 0.1) is 29.6 Å². The van der Waals surface area contributed by atoms with Crippen LogP contribution in [0.1, 0.15) is 16.1 Å². The van der Waals surface area contributed by atoms with Crippen molar-refractivity contribution < 1.29 is 18.3 Å². The Hall–Kier alpha value is -2.92. The van der Waals surface area contributed by atoms with Gasteiger partial charge in [-0.1, -0.05) is 23.7 Å². The Morgan fingerprint density at radius 3 is 2.80 bits per heavy atom. The SMILES string of the molecule is COC(=O)c1cc(N=Cc2ccc(-c3cccc(F)c3)o2)ccc1Cl. The number of benzene rings is 2. The molecule has 0 saturated heterocycles. The molecule has 0 unspecified atom stereocenters. The normalized spacial score (nSPS) is 11.0. The van der Waals surface area contributed by atoms with Gasteiger partial charge >= 0.3 is 5.97 Å². The molecule has 0 radical (unpaired) electrons. The second-order valence-corrected chi connectivity index (χ2v) is 5.53. The molecule has 0 bridgehead atoms. The minimum absolute atomic E-state index is 0.235. The molecule has 126 valence electrons. The van der Waals surface area contributed by atoms with E-state index in [0.29, 0.717) is 22.8 Å². The van der Waals surface area contributed by atoms with Gasteiger partial charge in [0.25, 0.3) is 0 Å². The lowest BCUT2D eigenvalue weighted by Gasteiger charge is -2.02. The van der Waals surface area contributed by atoms with Crippen LogP contribution in [0.2, 0.25) is 5.02 Å². The summed E-state index contributed by atoms with van der Waals surface area (Å²) in [5.41, 5.74) is 1.39. The first-order chi connectivity index (χ1) is 12.1. The molecule has 0 N–H and O–H groups in total. The summed E-state index contributed by atoms with van der Waals surface area (Å²) in [6.45, 7) is 0. The molecule has 0 saturated carbocycles. The summed E-state index contributed by atoms with van der Waals surface area (Å²) >= 11 is 5.97. The quantitative estimate of drug-likeness (QED) is 0.471. The number of carbonyl (C=O) groups excluding carboxylic acids is 1. The lowest BCUT2D eigenvalue weighted by atomic mass is 10.2. The molecule has 0 atom stereocenters. The zero-order valence-electron chi connectivity index (χ0n) is 13.2. The number of rotatable bonds is 4. The minimum atomic E-state index is -0.534. The number of nitrogens with zero attached hydrogens (tertiary/aromatic N) is 1. The zero-order chi connectivity index (χ0) is 17.8. The van der Waals surface area contributed by atoms with Crippen LogP contribution >= 0.6 is 11.6 Å². The molecule has 0 aliphatic heterocycles. The molecule has 3 aromatic rings. The van der Waals surface area contributed by atoms with Crippen molar-refractivity contribution in [1.29, 1.82) is 0 Å². The highest BCUT2D eigenvalue weighted by molar-refractivity contribution is 6.33. The molecule has 1 aromatic heterocycles. The lowest BCUT2D eigenvalue weighted by molar-refractivity contribution is 0.0601. The Morgan fingerprint density at radius 1 is 1.20 bits per heavy atom. The van der Waals surface area contributed by atoms with Gasteiger partial charge < -0.3 is 9.15 Å². The molecule has 0 amide bonds. The highest BCUT2D eigenvalue weighted by atomic mass is 35.5. The largest absolute Gasteiger partial charge is 0.465 e. The van der Waals surface area contributed by atoms with E-state index >= 15 is 0 Å². The number of esters is 1. The number of halogens is 2. The lowest BCUT2D eigenvalue weighted by Crippen LogP contribution is -2.01. The van der Waals surface area contributed by atoms with Gasteiger partial charge in [0, 0.05) is 5.56 Å². The average Bonchev–Trinajstić information content (AvgIpc) is 3.09. The first-order valence-electron chi connectivity index (χ1n) is 7.34. The molecule has 1 heterocycles. The summed E-state index contributed by atoms with van der Waals surface area (Å²) in [5, 5.41) is 0.289. The standard InChI is InChI=1S/C19H13ClFNO3/c1-24-19(23)16-10-14(5-7-17(16)20)22-11-15-6-8-18(25-15)12-3-2-4-13(21)9-12/h2-11H,1H3. The maximum atomic E-state index is 13.3. The molecule has 3 rings (SSSR count). The van der Waals surface area contributed by atoms with Crippen molar-refractivity contribution in [3.8, 4) is 11.3 Å². The highest BCUT2D eigenvalue weighted by Gasteiger charge is 2.11. The van der Waals surface area contributed by atoms with Crippen molar-refractivity contribution >= 4 is 29.5 Å². The third-order valence-corrected chi connectivity index (χ3v) is 3.76. The smallest absolute Gasteiger partial charge is 0.339 e. The molecule has 6 heteroatoms. The van der Waals surface area contributed by atoms with Crippen molar-refractivity contribution in [3.63, 3.8) is 0 Å². The summed E-state index contributed by atoms with van der Waals surface area (Å²) in [6, 6.07) is 14.4. The van der Waals surface area contributed by atoms with Gasteiger partial charge in [-0.25, -0.2) is 9.18 Å². The molecule has 0 aliphatic carbocycles.